The maximum Gasteiger partial charge on any atom is -0.0169 e. The van der Waals surface area contributed by atoms with Crippen LogP contribution in [0.5, 0.6) is 0 Å². The van der Waals surface area contributed by atoms with Gasteiger partial charge in [-0.2, -0.15) is 0 Å². The summed E-state index contributed by atoms with van der Waals surface area (Å²) in [7, 11) is 0. The highest BCUT2D eigenvalue weighted by molar-refractivity contribution is 5.02. The lowest BCUT2D eigenvalue weighted by Gasteiger charge is -1.76. The second-order valence-corrected chi connectivity index (χ2v) is 2.12. The van der Waals surface area contributed by atoms with Crippen LogP contribution in [0.1, 0.15) is 19.3 Å². The molecule has 0 radical (unpaired) electrons. The van der Waals surface area contributed by atoms with Gasteiger partial charge in [-0.1, -0.05) is 36.5 Å². The smallest absolute Gasteiger partial charge is 0.0169 e. The second kappa shape index (κ2) is 4.13. The SMILES string of the molecule is C1=CC/C=C/C/C=C\C1. The zero-order valence-electron chi connectivity index (χ0n) is 5.59. The summed E-state index contributed by atoms with van der Waals surface area (Å²) >= 11 is 0. The van der Waals surface area contributed by atoms with E-state index in [-0.39, 0.29) is 0 Å². The Labute approximate surface area is 56.6 Å². The summed E-state index contributed by atoms with van der Waals surface area (Å²) < 4.78 is 0. The van der Waals surface area contributed by atoms with Gasteiger partial charge in [0.2, 0.25) is 0 Å². The van der Waals surface area contributed by atoms with Gasteiger partial charge < -0.3 is 0 Å². The van der Waals surface area contributed by atoms with Crippen LogP contribution >= 0.6 is 0 Å². The summed E-state index contributed by atoms with van der Waals surface area (Å²) in [5.74, 6) is 0. The fourth-order valence-electron chi connectivity index (χ4n) is 0.813. The molecule has 0 saturated heterocycles. The van der Waals surface area contributed by atoms with Crippen molar-refractivity contribution in [3.63, 3.8) is 0 Å². The van der Waals surface area contributed by atoms with E-state index in [9.17, 15) is 0 Å². The van der Waals surface area contributed by atoms with Gasteiger partial charge in [-0.3, -0.25) is 0 Å². The van der Waals surface area contributed by atoms with Gasteiger partial charge in [0, 0.05) is 0 Å². The molecule has 0 heterocycles. The number of allylic oxidation sites excluding steroid dienone is 6. The van der Waals surface area contributed by atoms with Gasteiger partial charge in [-0.15, -0.1) is 0 Å². The quantitative estimate of drug-likeness (QED) is 0.431. The summed E-state index contributed by atoms with van der Waals surface area (Å²) in [6.45, 7) is 0. The first kappa shape index (κ1) is 6.34. The fourth-order valence-corrected chi connectivity index (χ4v) is 0.813. The average molecular weight is 120 g/mol. The number of hydrogen-bond acceptors (Lipinski definition) is 0. The molecule has 9 heavy (non-hydrogen) atoms. The molecule has 0 unspecified atom stereocenters. The molecule has 0 amide bonds. The average Bonchev–Trinajstić information content (AvgIpc) is 2.00. The van der Waals surface area contributed by atoms with Crippen molar-refractivity contribution in [2.45, 2.75) is 19.3 Å². The van der Waals surface area contributed by atoms with E-state index in [4.69, 9.17) is 0 Å². The van der Waals surface area contributed by atoms with Crippen LogP contribution in [0.15, 0.2) is 36.5 Å². The number of rotatable bonds is 0. The normalized spacial score (nSPS) is 25.8. The highest BCUT2D eigenvalue weighted by Gasteiger charge is 1.76. The van der Waals surface area contributed by atoms with Gasteiger partial charge in [0.1, 0.15) is 0 Å². The van der Waals surface area contributed by atoms with E-state index >= 15 is 0 Å². The first-order chi connectivity index (χ1) is 4.50. The Morgan fingerprint density at radius 3 is 0.889 bits per heavy atom. The lowest BCUT2D eigenvalue weighted by atomic mass is 10.3. The van der Waals surface area contributed by atoms with E-state index in [2.05, 4.69) is 36.5 Å². The predicted octanol–water partition coefficient (Wildman–Crippen LogP) is 2.84. The topological polar surface area (TPSA) is 0 Å². The van der Waals surface area contributed by atoms with Crippen molar-refractivity contribution in [3.05, 3.63) is 36.5 Å². The van der Waals surface area contributed by atoms with E-state index in [1.54, 1.807) is 0 Å². The summed E-state index contributed by atoms with van der Waals surface area (Å²) in [5.41, 5.74) is 0. The molecule has 0 atom stereocenters. The summed E-state index contributed by atoms with van der Waals surface area (Å²) in [4.78, 5) is 0. The Hall–Kier alpha value is -0.780. The van der Waals surface area contributed by atoms with Gasteiger partial charge in [-0.05, 0) is 19.3 Å². The predicted molar refractivity (Wildman–Crippen MR) is 41.3 cm³/mol. The van der Waals surface area contributed by atoms with Crippen LogP contribution in [-0.2, 0) is 0 Å². The first-order valence-electron chi connectivity index (χ1n) is 3.45. The summed E-state index contributed by atoms with van der Waals surface area (Å²) in [6, 6.07) is 0. The molecule has 0 N–H and O–H groups in total. The molecule has 1 aliphatic carbocycles. The fraction of sp³-hybridized carbons (Fsp3) is 0.333. The monoisotopic (exact) mass is 120 g/mol. The third kappa shape index (κ3) is 2.91. The van der Waals surface area contributed by atoms with E-state index in [0.717, 1.165) is 19.3 Å². The van der Waals surface area contributed by atoms with Gasteiger partial charge >= 0.3 is 0 Å². The molecule has 0 nitrogen and oxygen atoms in total. The van der Waals surface area contributed by atoms with Crippen molar-refractivity contribution in [1.29, 1.82) is 0 Å². The van der Waals surface area contributed by atoms with Crippen molar-refractivity contribution >= 4 is 0 Å². The summed E-state index contributed by atoms with van der Waals surface area (Å²) in [6.07, 6.45) is 16.5. The van der Waals surface area contributed by atoms with Crippen molar-refractivity contribution < 1.29 is 0 Å². The molecule has 0 fully saturated rings. The largest absolute Gasteiger partial charge is 0.0844 e. The molecule has 1 aliphatic rings. The molecular weight excluding hydrogens is 108 g/mol. The van der Waals surface area contributed by atoms with E-state index < -0.39 is 0 Å². The van der Waals surface area contributed by atoms with Crippen molar-refractivity contribution in [3.8, 4) is 0 Å². The minimum absolute atomic E-state index is 1.10. The molecule has 0 saturated carbocycles. The van der Waals surface area contributed by atoms with Crippen LogP contribution < -0.4 is 0 Å². The third-order valence-corrected chi connectivity index (χ3v) is 1.32. The van der Waals surface area contributed by atoms with E-state index in [0.29, 0.717) is 0 Å². The highest BCUT2D eigenvalue weighted by atomic mass is 13.8. The second-order valence-electron chi connectivity index (χ2n) is 2.12. The molecule has 48 valence electrons. The molecule has 1 rings (SSSR count). The Morgan fingerprint density at radius 1 is 0.444 bits per heavy atom. The zero-order valence-corrected chi connectivity index (χ0v) is 5.59. The third-order valence-electron chi connectivity index (χ3n) is 1.32. The van der Waals surface area contributed by atoms with Crippen LogP contribution in [0, 0.1) is 0 Å². The van der Waals surface area contributed by atoms with E-state index in [1.807, 2.05) is 0 Å². The zero-order chi connectivity index (χ0) is 6.36. The number of hydrogen-bond donors (Lipinski definition) is 0. The van der Waals surface area contributed by atoms with Gasteiger partial charge in [0.25, 0.3) is 0 Å². The van der Waals surface area contributed by atoms with Gasteiger partial charge in [0.05, 0.1) is 0 Å². The van der Waals surface area contributed by atoms with Crippen LogP contribution in [0.4, 0.5) is 0 Å². The highest BCUT2D eigenvalue weighted by Crippen LogP contribution is 1.97. The molecule has 0 heteroatoms. The minimum Gasteiger partial charge on any atom is -0.0844 e. The Bertz CT molecular complexity index is 97.6. The van der Waals surface area contributed by atoms with Crippen LogP contribution in [-0.4, -0.2) is 0 Å². The summed E-state index contributed by atoms with van der Waals surface area (Å²) in [5, 5.41) is 0. The Kier molecular flexibility index (Phi) is 2.91. The van der Waals surface area contributed by atoms with Crippen LogP contribution in [0.25, 0.3) is 0 Å². The van der Waals surface area contributed by atoms with Gasteiger partial charge in [-0.25, -0.2) is 0 Å². The lowest BCUT2D eigenvalue weighted by Crippen LogP contribution is -1.56. The maximum atomic E-state index is 2.20. The van der Waals surface area contributed by atoms with Gasteiger partial charge in [0.15, 0.2) is 0 Å². The Morgan fingerprint density at radius 2 is 0.667 bits per heavy atom. The maximum absolute atomic E-state index is 2.20. The van der Waals surface area contributed by atoms with E-state index in [1.165, 1.54) is 0 Å². The van der Waals surface area contributed by atoms with Crippen LogP contribution in [0.2, 0.25) is 0 Å². The molecule has 0 aliphatic heterocycles. The minimum atomic E-state index is 1.10. The lowest BCUT2D eigenvalue weighted by molar-refractivity contribution is 1.32. The molecule has 0 aromatic rings. The molecule has 0 spiro atoms. The van der Waals surface area contributed by atoms with Crippen LogP contribution in [0.3, 0.4) is 0 Å². The first-order valence-corrected chi connectivity index (χ1v) is 3.45. The standard InChI is InChI=1S/C9H12/c1-2-4-6-8-9-7-5-3-1/h1-2,5-8H,3-4,9H2/b2-1-,7-5+,8-6?. The van der Waals surface area contributed by atoms with Crippen molar-refractivity contribution in [2.24, 2.45) is 0 Å². The molecule has 0 bridgehead atoms. The van der Waals surface area contributed by atoms with Crippen molar-refractivity contribution in [1.82, 2.24) is 0 Å². The molecular formula is C9H12. The van der Waals surface area contributed by atoms with Crippen molar-refractivity contribution in [2.75, 3.05) is 0 Å². The molecule has 0 aromatic heterocycles. The molecule has 0 aromatic carbocycles. The Balaban J connectivity index is 2.43.